The molecule has 5 heteroatoms. The van der Waals surface area contributed by atoms with Crippen LogP contribution in [0.4, 0.5) is 0 Å². The number of carbonyl (C=O) groups excluding carboxylic acids is 1. The highest BCUT2D eigenvalue weighted by Gasteiger charge is 2.27. The van der Waals surface area contributed by atoms with Crippen LogP contribution in [-0.4, -0.2) is 42.0 Å². The molecule has 0 spiro atoms. The van der Waals surface area contributed by atoms with Crippen molar-refractivity contribution >= 4 is 33.7 Å². The highest BCUT2D eigenvalue weighted by atomic mass is 79.9. The Morgan fingerprint density at radius 1 is 1.67 bits per heavy atom. The number of nitrogens with one attached hydrogen (secondary N) is 1. The Bertz CT molecular complexity index is 216. The van der Waals surface area contributed by atoms with E-state index in [4.69, 9.17) is 0 Å². The first-order chi connectivity index (χ1) is 7.19. The van der Waals surface area contributed by atoms with Gasteiger partial charge in [-0.3, -0.25) is 4.79 Å². The number of esters is 1. The average molecular weight is 296 g/mol. The smallest absolute Gasteiger partial charge is 0.320 e. The summed E-state index contributed by atoms with van der Waals surface area (Å²) in [6.45, 7) is 0.647. The van der Waals surface area contributed by atoms with Crippen molar-refractivity contribution < 1.29 is 9.53 Å². The molecule has 1 fully saturated rings. The van der Waals surface area contributed by atoms with Crippen LogP contribution in [0.15, 0.2) is 0 Å². The van der Waals surface area contributed by atoms with Gasteiger partial charge in [0.05, 0.1) is 7.11 Å². The molecule has 0 aliphatic heterocycles. The van der Waals surface area contributed by atoms with E-state index < -0.39 is 0 Å². The summed E-state index contributed by atoms with van der Waals surface area (Å²) in [4.78, 5) is 10.9. The Morgan fingerprint density at radius 2 is 2.40 bits per heavy atom. The van der Waals surface area contributed by atoms with Crippen LogP contribution in [0.3, 0.4) is 0 Å². The van der Waals surface area contributed by atoms with Crippen LogP contribution in [0.5, 0.6) is 0 Å². The number of ether oxygens (including phenoxy) is 1. The number of hydrogen-bond donors (Lipinski definition) is 1. The zero-order valence-corrected chi connectivity index (χ0v) is 11.6. The van der Waals surface area contributed by atoms with Crippen LogP contribution < -0.4 is 5.32 Å². The molecular formula is C10H18BrNO2S. The molecule has 88 valence electrons. The molecule has 1 aliphatic rings. The van der Waals surface area contributed by atoms with Crippen molar-refractivity contribution in [3.63, 3.8) is 0 Å². The normalized spacial score (nSPS) is 27.7. The van der Waals surface area contributed by atoms with Crippen LogP contribution in [-0.2, 0) is 9.53 Å². The predicted octanol–water partition coefficient (Wildman–Crippen LogP) is 1.80. The van der Waals surface area contributed by atoms with Crippen molar-refractivity contribution in [3.8, 4) is 0 Å². The summed E-state index contributed by atoms with van der Waals surface area (Å²) in [5.74, 6) is -0.207. The lowest BCUT2D eigenvalue weighted by atomic mass is 10.2. The van der Waals surface area contributed by atoms with E-state index in [0.29, 0.717) is 17.8 Å². The lowest BCUT2D eigenvalue weighted by Gasteiger charge is -2.20. The molecule has 0 bridgehead atoms. The first-order valence-corrected chi connectivity index (χ1v) is 7.37. The third-order valence-corrected chi connectivity index (χ3v) is 4.64. The van der Waals surface area contributed by atoms with Crippen LogP contribution in [0.2, 0.25) is 0 Å². The van der Waals surface area contributed by atoms with Gasteiger partial charge in [-0.2, -0.15) is 11.8 Å². The zero-order chi connectivity index (χ0) is 11.3. The number of carbonyl (C=O) groups is 1. The molecule has 0 radical (unpaired) electrons. The number of hydrogen-bond acceptors (Lipinski definition) is 4. The van der Waals surface area contributed by atoms with E-state index in [0.717, 1.165) is 0 Å². The molecule has 0 saturated heterocycles. The minimum absolute atomic E-state index is 0.207. The van der Waals surface area contributed by atoms with Crippen LogP contribution in [0.25, 0.3) is 0 Å². The van der Waals surface area contributed by atoms with E-state index in [-0.39, 0.29) is 10.8 Å². The minimum Gasteiger partial charge on any atom is -0.468 e. The lowest BCUT2D eigenvalue weighted by Crippen LogP contribution is -2.39. The standard InChI is InChI=1S/C10H18BrNO2S/c1-14-10(13)7(11)6-12-8-4-3-5-9(8)15-2/h7-9,12H,3-6H2,1-2H3. The highest BCUT2D eigenvalue weighted by molar-refractivity contribution is 9.10. The molecule has 3 atom stereocenters. The Labute approximate surface area is 104 Å². The van der Waals surface area contributed by atoms with Gasteiger partial charge in [-0.05, 0) is 19.1 Å². The number of rotatable bonds is 5. The second-order valence-electron chi connectivity index (χ2n) is 3.71. The maximum atomic E-state index is 11.2. The first-order valence-electron chi connectivity index (χ1n) is 5.17. The number of thioether (sulfide) groups is 1. The van der Waals surface area contributed by atoms with E-state index >= 15 is 0 Å². The summed E-state index contributed by atoms with van der Waals surface area (Å²) < 4.78 is 4.65. The largest absolute Gasteiger partial charge is 0.468 e. The van der Waals surface area contributed by atoms with E-state index in [1.165, 1.54) is 26.4 Å². The molecule has 1 saturated carbocycles. The van der Waals surface area contributed by atoms with Gasteiger partial charge < -0.3 is 10.1 Å². The Morgan fingerprint density at radius 3 is 3.00 bits per heavy atom. The van der Waals surface area contributed by atoms with Crippen molar-refractivity contribution in [2.75, 3.05) is 19.9 Å². The molecule has 0 amide bonds. The van der Waals surface area contributed by atoms with Gasteiger partial charge >= 0.3 is 5.97 Å². The third-order valence-electron chi connectivity index (χ3n) is 2.77. The SMILES string of the molecule is COC(=O)C(Br)CNC1CCCC1SC. The number of alkyl halides is 1. The molecule has 0 aromatic carbocycles. The van der Waals surface area contributed by atoms with Crippen molar-refractivity contribution in [1.29, 1.82) is 0 Å². The van der Waals surface area contributed by atoms with Crippen LogP contribution >= 0.6 is 27.7 Å². The van der Waals surface area contributed by atoms with Gasteiger partial charge in [0.2, 0.25) is 0 Å². The van der Waals surface area contributed by atoms with Crippen LogP contribution in [0, 0.1) is 0 Å². The second-order valence-corrected chi connectivity index (χ2v) is 5.89. The Balaban J connectivity index is 2.27. The monoisotopic (exact) mass is 295 g/mol. The lowest BCUT2D eigenvalue weighted by molar-refractivity contribution is -0.139. The van der Waals surface area contributed by atoms with Crippen molar-refractivity contribution in [2.45, 2.75) is 35.4 Å². The molecule has 3 unspecified atom stereocenters. The predicted molar refractivity (Wildman–Crippen MR) is 67.7 cm³/mol. The highest BCUT2D eigenvalue weighted by Crippen LogP contribution is 2.28. The van der Waals surface area contributed by atoms with Gasteiger partial charge in [0.15, 0.2) is 0 Å². The molecular weight excluding hydrogens is 278 g/mol. The molecule has 1 rings (SSSR count). The first kappa shape index (κ1) is 13.3. The van der Waals surface area contributed by atoms with Gasteiger partial charge in [0.1, 0.15) is 4.83 Å². The van der Waals surface area contributed by atoms with E-state index in [1.54, 1.807) is 0 Å². The molecule has 15 heavy (non-hydrogen) atoms. The van der Waals surface area contributed by atoms with Gasteiger partial charge in [-0.15, -0.1) is 0 Å². The minimum atomic E-state index is -0.231. The topological polar surface area (TPSA) is 38.3 Å². The Kier molecular flexibility index (Phi) is 6.00. The van der Waals surface area contributed by atoms with E-state index in [1.807, 2.05) is 11.8 Å². The maximum Gasteiger partial charge on any atom is 0.320 e. The molecule has 1 N–H and O–H groups in total. The Hall–Kier alpha value is 0.260. The van der Waals surface area contributed by atoms with Gasteiger partial charge in [-0.1, -0.05) is 22.4 Å². The van der Waals surface area contributed by atoms with Gasteiger partial charge in [-0.25, -0.2) is 0 Å². The summed E-state index contributed by atoms with van der Waals surface area (Å²) >= 11 is 5.22. The summed E-state index contributed by atoms with van der Waals surface area (Å²) in [6, 6.07) is 0.546. The van der Waals surface area contributed by atoms with E-state index in [9.17, 15) is 4.79 Å². The number of halogens is 1. The molecule has 1 aliphatic carbocycles. The molecule has 0 aromatic rings. The fourth-order valence-electron chi connectivity index (χ4n) is 1.91. The quantitative estimate of drug-likeness (QED) is 0.620. The van der Waals surface area contributed by atoms with Crippen molar-refractivity contribution in [3.05, 3.63) is 0 Å². The van der Waals surface area contributed by atoms with E-state index in [2.05, 4.69) is 32.2 Å². The third kappa shape index (κ3) is 3.96. The average Bonchev–Trinajstić information content (AvgIpc) is 2.71. The molecule has 0 aromatic heterocycles. The van der Waals surface area contributed by atoms with Gasteiger partial charge in [0, 0.05) is 17.8 Å². The maximum absolute atomic E-state index is 11.2. The van der Waals surface area contributed by atoms with Crippen molar-refractivity contribution in [2.24, 2.45) is 0 Å². The second kappa shape index (κ2) is 6.76. The zero-order valence-electron chi connectivity index (χ0n) is 9.16. The van der Waals surface area contributed by atoms with Crippen LogP contribution in [0.1, 0.15) is 19.3 Å². The fraction of sp³-hybridized carbons (Fsp3) is 0.900. The summed E-state index contributed by atoms with van der Waals surface area (Å²) in [7, 11) is 1.41. The molecule has 0 heterocycles. The van der Waals surface area contributed by atoms with Gasteiger partial charge in [0.25, 0.3) is 0 Å². The summed E-state index contributed by atoms with van der Waals surface area (Å²) in [5.41, 5.74) is 0. The fourth-order valence-corrected chi connectivity index (χ4v) is 3.24. The van der Waals surface area contributed by atoms with Crippen molar-refractivity contribution in [1.82, 2.24) is 5.32 Å². The summed E-state index contributed by atoms with van der Waals surface area (Å²) in [6.07, 6.45) is 5.93. The summed E-state index contributed by atoms with van der Waals surface area (Å²) in [5, 5.41) is 4.13. The molecule has 3 nitrogen and oxygen atoms in total. The number of methoxy groups -OCH3 is 1.